The highest BCUT2D eigenvalue weighted by Gasteiger charge is 2.27. The number of carbonyl (C=O) groups is 5. The van der Waals surface area contributed by atoms with E-state index in [2.05, 4.69) is 16.0 Å². The molecule has 0 bridgehead atoms. The standard InChI is InChI=1S/C26H33N5O8/c27-18(11-16-7-3-1-4-8-16)23(35)30-19(12-17-9-5-2-6-10-17)24(36)28-13-22(34)29-20(14-32)25(37)31-21(15-33)26(38)39/h1-10,18-21,32-33H,11-15,27H2,(H,28,36)(H,29,34)(H,30,35)(H,31,37)(H,38,39)/t18-,19-,20-,21-/m1/s1. The average molecular weight is 544 g/mol. The van der Waals surface area contributed by atoms with Gasteiger partial charge < -0.3 is 42.3 Å². The Morgan fingerprint density at radius 1 is 0.667 bits per heavy atom. The summed E-state index contributed by atoms with van der Waals surface area (Å²) in [6.45, 7) is -2.37. The Hall–Kier alpha value is -4.33. The van der Waals surface area contributed by atoms with E-state index in [1.807, 2.05) is 35.6 Å². The summed E-state index contributed by atoms with van der Waals surface area (Å²) in [6.07, 6.45) is 0.357. The molecule has 0 spiro atoms. The smallest absolute Gasteiger partial charge is 0.328 e. The van der Waals surface area contributed by atoms with Gasteiger partial charge in [-0.25, -0.2) is 4.79 Å². The third-order valence-electron chi connectivity index (χ3n) is 5.61. The lowest BCUT2D eigenvalue weighted by atomic mass is 10.0. The van der Waals surface area contributed by atoms with E-state index in [-0.39, 0.29) is 12.8 Å². The van der Waals surface area contributed by atoms with Gasteiger partial charge in [-0.1, -0.05) is 60.7 Å². The Morgan fingerprint density at radius 3 is 1.69 bits per heavy atom. The molecule has 39 heavy (non-hydrogen) atoms. The fourth-order valence-electron chi connectivity index (χ4n) is 3.49. The van der Waals surface area contributed by atoms with Gasteiger partial charge in [-0.05, 0) is 17.5 Å². The molecule has 13 nitrogen and oxygen atoms in total. The van der Waals surface area contributed by atoms with Crippen molar-refractivity contribution < 1.29 is 39.3 Å². The average Bonchev–Trinajstić information content (AvgIpc) is 2.93. The number of carboxylic acid groups (broad SMARTS) is 1. The highest BCUT2D eigenvalue weighted by molar-refractivity contribution is 5.94. The Morgan fingerprint density at radius 2 is 1.18 bits per heavy atom. The molecular weight excluding hydrogens is 510 g/mol. The van der Waals surface area contributed by atoms with Gasteiger partial charge in [0.25, 0.3) is 0 Å². The summed E-state index contributed by atoms with van der Waals surface area (Å²) in [5.74, 6) is -4.66. The first-order valence-electron chi connectivity index (χ1n) is 12.1. The van der Waals surface area contributed by atoms with E-state index in [0.717, 1.165) is 11.1 Å². The minimum atomic E-state index is -1.63. The number of aliphatic carboxylic acids is 1. The van der Waals surface area contributed by atoms with Crippen LogP contribution >= 0.6 is 0 Å². The summed E-state index contributed by atoms with van der Waals surface area (Å²) in [4.78, 5) is 61.2. The molecule has 0 aromatic heterocycles. The van der Waals surface area contributed by atoms with Gasteiger partial charge in [0.15, 0.2) is 0 Å². The number of nitrogens with two attached hydrogens (primary N) is 1. The number of aliphatic hydroxyl groups is 2. The van der Waals surface area contributed by atoms with Crippen molar-refractivity contribution in [2.75, 3.05) is 19.8 Å². The Kier molecular flexibility index (Phi) is 12.5. The summed E-state index contributed by atoms with van der Waals surface area (Å²) >= 11 is 0. The van der Waals surface area contributed by atoms with Crippen molar-refractivity contribution in [3.05, 3.63) is 71.8 Å². The van der Waals surface area contributed by atoms with Crippen molar-refractivity contribution in [3.63, 3.8) is 0 Å². The molecule has 0 unspecified atom stereocenters. The Bertz CT molecular complexity index is 1120. The van der Waals surface area contributed by atoms with Crippen molar-refractivity contribution in [1.29, 1.82) is 0 Å². The molecule has 0 radical (unpaired) electrons. The lowest BCUT2D eigenvalue weighted by Crippen LogP contribution is -2.56. The number of nitrogens with one attached hydrogen (secondary N) is 4. The largest absolute Gasteiger partial charge is 0.480 e. The quantitative estimate of drug-likeness (QED) is 0.118. The van der Waals surface area contributed by atoms with Crippen molar-refractivity contribution in [2.24, 2.45) is 5.73 Å². The zero-order chi connectivity index (χ0) is 28.8. The Labute approximate surface area is 224 Å². The molecular formula is C26H33N5O8. The molecule has 210 valence electrons. The topological polar surface area (TPSA) is 220 Å². The van der Waals surface area contributed by atoms with Gasteiger partial charge in [-0.15, -0.1) is 0 Å². The molecule has 0 aliphatic heterocycles. The predicted octanol–water partition coefficient (Wildman–Crippen LogP) is -2.56. The lowest BCUT2D eigenvalue weighted by molar-refractivity contribution is -0.143. The second kappa shape index (κ2) is 15.8. The van der Waals surface area contributed by atoms with Gasteiger partial charge in [-0.3, -0.25) is 19.2 Å². The SMILES string of the molecule is N[C@H](Cc1ccccc1)C(=O)N[C@H](Cc1ccccc1)C(=O)NCC(=O)N[C@H](CO)C(=O)N[C@H](CO)C(=O)O. The number of amides is 4. The number of carboxylic acids is 1. The van der Waals surface area contributed by atoms with Crippen molar-refractivity contribution >= 4 is 29.6 Å². The van der Waals surface area contributed by atoms with Crippen molar-refractivity contribution in [1.82, 2.24) is 21.3 Å². The minimum absolute atomic E-state index is 0.109. The van der Waals surface area contributed by atoms with Gasteiger partial charge in [0, 0.05) is 6.42 Å². The van der Waals surface area contributed by atoms with E-state index in [0.29, 0.717) is 0 Å². The maximum atomic E-state index is 12.9. The number of aliphatic hydroxyl groups excluding tert-OH is 2. The van der Waals surface area contributed by atoms with Crippen LogP contribution in [0.5, 0.6) is 0 Å². The third kappa shape index (κ3) is 10.5. The molecule has 4 atom stereocenters. The van der Waals surface area contributed by atoms with Gasteiger partial charge in [0.05, 0.1) is 25.8 Å². The van der Waals surface area contributed by atoms with Crippen LogP contribution in [0.15, 0.2) is 60.7 Å². The highest BCUT2D eigenvalue weighted by Crippen LogP contribution is 2.06. The maximum Gasteiger partial charge on any atom is 0.328 e. The molecule has 13 heteroatoms. The number of hydrogen-bond donors (Lipinski definition) is 8. The summed E-state index contributed by atoms with van der Waals surface area (Å²) < 4.78 is 0. The van der Waals surface area contributed by atoms with Crippen LogP contribution < -0.4 is 27.0 Å². The van der Waals surface area contributed by atoms with Gasteiger partial charge in [-0.2, -0.15) is 0 Å². The fraction of sp³-hybridized carbons (Fsp3) is 0.346. The lowest BCUT2D eigenvalue weighted by Gasteiger charge is -2.22. The molecule has 4 amide bonds. The first-order valence-corrected chi connectivity index (χ1v) is 12.1. The third-order valence-corrected chi connectivity index (χ3v) is 5.61. The minimum Gasteiger partial charge on any atom is -0.480 e. The molecule has 2 rings (SSSR count). The van der Waals surface area contributed by atoms with E-state index in [4.69, 9.17) is 15.9 Å². The molecule has 0 heterocycles. The van der Waals surface area contributed by atoms with Crippen LogP contribution in [0.25, 0.3) is 0 Å². The summed E-state index contributed by atoms with van der Waals surface area (Å²) in [7, 11) is 0. The van der Waals surface area contributed by atoms with Gasteiger partial charge in [0.1, 0.15) is 18.1 Å². The first kappa shape index (κ1) is 30.9. The molecule has 0 saturated heterocycles. The second-order valence-electron chi connectivity index (χ2n) is 8.65. The second-order valence-corrected chi connectivity index (χ2v) is 8.65. The number of carbonyl (C=O) groups excluding carboxylic acids is 4. The summed E-state index contributed by atoms with van der Waals surface area (Å²) in [5, 5.41) is 36.5. The zero-order valence-electron chi connectivity index (χ0n) is 21.1. The number of rotatable bonds is 15. The molecule has 0 saturated carbocycles. The predicted molar refractivity (Wildman–Crippen MR) is 139 cm³/mol. The van der Waals surface area contributed by atoms with Crippen LogP contribution in [-0.4, -0.2) is 88.8 Å². The monoisotopic (exact) mass is 543 g/mol. The van der Waals surface area contributed by atoms with E-state index < -0.39 is 73.5 Å². The fourth-order valence-corrected chi connectivity index (χ4v) is 3.49. The van der Waals surface area contributed by atoms with Crippen LogP contribution in [0.2, 0.25) is 0 Å². The van der Waals surface area contributed by atoms with E-state index in [1.165, 1.54) is 0 Å². The van der Waals surface area contributed by atoms with Crippen LogP contribution in [0, 0.1) is 0 Å². The Balaban J connectivity index is 2.00. The zero-order valence-corrected chi connectivity index (χ0v) is 21.1. The number of hydrogen-bond acceptors (Lipinski definition) is 8. The van der Waals surface area contributed by atoms with Crippen LogP contribution in [0.4, 0.5) is 0 Å². The maximum absolute atomic E-state index is 12.9. The van der Waals surface area contributed by atoms with E-state index in [9.17, 15) is 29.1 Å². The molecule has 9 N–H and O–H groups in total. The first-order chi connectivity index (χ1) is 18.6. The molecule has 0 aliphatic rings. The van der Waals surface area contributed by atoms with Crippen molar-refractivity contribution in [3.8, 4) is 0 Å². The van der Waals surface area contributed by atoms with Crippen LogP contribution in [-0.2, 0) is 36.8 Å². The van der Waals surface area contributed by atoms with E-state index in [1.54, 1.807) is 30.3 Å². The van der Waals surface area contributed by atoms with E-state index >= 15 is 0 Å². The normalized spacial score (nSPS) is 13.7. The molecule has 0 fully saturated rings. The van der Waals surface area contributed by atoms with Gasteiger partial charge >= 0.3 is 5.97 Å². The highest BCUT2D eigenvalue weighted by atomic mass is 16.4. The molecule has 2 aromatic rings. The van der Waals surface area contributed by atoms with Crippen molar-refractivity contribution in [2.45, 2.75) is 37.0 Å². The van der Waals surface area contributed by atoms with Gasteiger partial charge in [0.2, 0.25) is 23.6 Å². The molecule has 2 aromatic carbocycles. The number of benzene rings is 2. The van der Waals surface area contributed by atoms with Crippen LogP contribution in [0.1, 0.15) is 11.1 Å². The summed E-state index contributed by atoms with van der Waals surface area (Å²) in [5.41, 5.74) is 7.64. The van der Waals surface area contributed by atoms with Crippen LogP contribution in [0.3, 0.4) is 0 Å². The summed E-state index contributed by atoms with van der Waals surface area (Å²) in [6, 6.07) is 12.8. The molecule has 0 aliphatic carbocycles.